The molecule has 0 radical (unpaired) electrons. The van der Waals surface area contributed by atoms with Crippen LogP contribution in [-0.2, 0) is 10.9 Å². The Balaban J connectivity index is 2.57. The normalized spacial score (nSPS) is 11.6. The first-order valence-electron chi connectivity index (χ1n) is 5.54. The molecule has 0 spiro atoms. The van der Waals surface area contributed by atoms with Gasteiger partial charge in [-0.1, -0.05) is 11.6 Å². The minimum atomic E-state index is -4.43. The first kappa shape index (κ1) is 15.1. The molecule has 0 aromatic heterocycles. The lowest BCUT2D eigenvalue weighted by molar-refractivity contribution is -0.137. The van der Waals surface area contributed by atoms with Crippen molar-refractivity contribution in [2.45, 2.75) is 19.0 Å². The Labute approximate surface area is 109 Å². The number of alkyl halides is 3. The lowest BCUT2D eigenvalue weighted by atomic mass is 10.2. The Kier molecular flexibility index (Phi) is 5.75. The van der Waals surface area contributed by atoms with Crippen molar-refractivity contribution in [1.29, 1.82) is 0 Å². The van der Waals surface area contributed by atoms with E-state index in [1.165, 1.54) is 12.1 Å². The van der Waals surface area contributed by atoms with Crippen molar-refractivity contribution in [3.8, 4) is 0 Å². The predicted octanol–water partition coefficient (Wildman–Crippen LogP) is 4.20. The van der Waals surface area contributed by atoms with Crippen LogP contribution in [0.4, 0.5) is 18.9 Å². The highest BCUT2D eigenvalue weighted by Gasteiger charge is 2.33. The summed E-state index contributed by atoms with van der Waals surface area (Å²) >= 11 is 5.52. The van der Waals surface area contributed by atoms with Gasteiger partial charge in [-0.15, -0.1) is 0 Å². The van der Waals surface area contributed by atoms with Crippen LogP contribution in [0.15, 0.2) is 18.2 Å². The molecule has 1 aromatic rings. The van der Waals surface area contributed by atoms with Crippen LogP contribution in [0.2, 0.25) is 5.02 Å². The van der Waals surface area contributed by atoms with Gasteiger partial charge in [-0.2, -0.15) is 13.2 Å². The van der Waals surface area contributed by atoms with Gasteiger partial charge < -0.3 is 10.1 Å². The zero-order chi connectivity index (χ0) is 13.6. The van der Waals surface area contributed by atoms with Crippen molar-refractivity contribution < 1.29 is 17.9 Å². The summed E-state index contributed by atoms with van der Waals surface area (Å²) in [6, 6.07) is 3.81. The van der Waals surface area contributed by atoms with Crippen molar-refractivity contribution in [3.63, 3.8) is 0 Å². The first-order chi connectivity index (χ1) is 8.45. The van der Waals surface area contributed by atoms with Crippen LogP contribution in [0.5, 0.6) is 0 Å². The predicted molar refractivity (Wildman–Crippen MR) is 66.1 cm³/mol. The van der Waals surface area contributed by atoms with Crippen LogP contribution in [-0.4, -0.2) is 20.3 Å². The van der Waals surface area contributed by atoms with Gasteiger partial charge in [0.2, 0.25) is 0 Å². The van der Waals surface area contributed by atoms with E-state index in [4.69, 9.17) is 16.3 Å². The molecule has 0 saturated heterocycles. The standard InChI is InChI=1S/C12H15ClF3NO/c1-18-7-3-2-6-17-9-4-5-11(13)10(8-9)12(14,15)16/h4-5,8,17H,2-3,6-7H2,1H3. The molecule has 0 atom stereocenters. The van der Waals surface area contributed by atoms with Crippen molar-refractivity contribution in [2.24, 2.45) is 0 Å². The van der Waals surface area contributed by atoms with Crippen molar-refractivity contribution >= 4 is 17.3 Å². The molecule has 0 aliphatic carbocycles. The second kappa shape index (κ2) is 6.85. The van der Waals surface area contributed by atoms with Gasteiger partial charge >= 0.3 is 6.18 Å². The zero-order valence-corrected chi connectivity index (χ0v) is 10.7. The number of methoxy groups -OCH3 is 1. The van der Waals surface area contributed by atoms with Gasteiger partial charge in [0.25, 0.3) is 0 Å². The Hall–Kier alpha value is -0.940. The summed E-state index contributed by atoms with van der Waals surface area (Å²) in [7, 11) is 1.61. The maximum Gasteiger partial charge on any atom is 0.417 e. The number of nitrogens with one attached hydrogen (secondary N) is 1. The fourth-order valence-electron chi connectivity index (χ4n) is 1.46. The minimum Gasteiger partial charge on any atom is -0.385 e. The number of hydrogen-bond acceptors (Lipinski definition) is 2. The molecular weight excluding hydrogens is 267 g/mol. The van der Waals surface area contributed by atoms with E-state index in [9.17, 15) is 13.2 Å². The monoisotopic (exact) mass is 281 g/mol. The van der Waals surface area contributed by atoms with E-state index in [1.807, 2.05) is 0 Å². The van der Waals surface area contributed by atoms with E-state index < -0.39 is 11.7 Å². The summed E-state index contributed by atoms with van der Waals surface area (Å²) in [5, 5.41) is 2.64. The van der Waals surface area contributed by atoms with E-state index in [2.05, 4.69) is 5.32 Å². The van der Waals surface area contributed by atoms with Crippen LogP contribution in [0.3, 0.4) is 0 Å². The lowest BCUT2D eigenvalue weighted by Crippen LogP contribution is -2.08. The molecule has 1 N–H and O–H groups in total. The third-order valence-electron chi connectivity index (χ3n) is 2.38. The van der Waals surface area contributed by atoms with Gasteiger partial charge in [-0.25, -0.2) is 0 Å². The van der Waals surface area contributed by atoms with Crippen LogP contribution >= 0.6 is 11.6 Å². The van der Waals surface area contributed by atoms with Crippen LogP contribution < -0.4 is 5.32 Å². The van der Waals surface area contributed by atoms with Gasteiger partial charge in [-0.05, 0) is 31.0 Å². The third-order valence-corrected chi connectivity index (χ3v) is 2.71. The van der Waals surface area contributed by atoms with E-state index in [1.54, 1.807) is 7.11 Å². The van der Waals surface area contributed by atoms with Crippen molar-refractivity contribution in [3.05, 3.63) is 28.8 Å². The second-order valence-electron chi connectivity index (χ2n) is 3.82. The summed E-state index contributed by atoms with van der Waals surface area (Å²) in [6.45, 7) is 1.25. The van der Waals surface area contributed by atoms with Crippen LogP contribution in [0, 0.1) is 0 Å². The van der Waals surface area contributed by atoms with Crippen LogP contribution in [0.1, 0.15) is 18.4 Å². The number of unbranched alkanes of at least 4 members (excludes halogenated alkanes) is 1. The number of hydrogen-bond donors (Lipinski definition) is 1. The maximum atomic E-state index is 12.6. The van der Waals surface area contributed by atoms with E-state index in [0.717, 1.165) is 18.9 Å². The fourth-order valence-corrected chi connectivity index (χ4v) is 1.68. The highest BCUT2D eigenvalue weighted by atomic mass is 35.5. The highest BCUT2D eigenvalue weighted by molar-refractivity contribution is 6.31. The summed E-state index contributed by atoms with van der Waals surface area (Å²) in [4.78, 5) is 0. The summed E-state index contributed by atoms with van der Waals surface area (Å²) in [5.41, 5.74) is -0.393. The minimum absolute atomic E-state index is 0.285. The van der Waals surface area contributed by atoms with E-state index >= 15 is 0 Å². The summed E-state index contributed by atoms with van der Waals surface area (Å²) in [5.74, 6) is 0. The van der Waals surface area contributed by atoms with Gasteiger partial charge in [0.05, 0.1) is 10.6 Å². The molecule has 0 saturated carbocycles. The molecule has 0 amide bonds. The molecule has 2 nitrogen and oxygen atoms in total. The first-order valence-corrected chi connectivity index (χ1v) is 5.92. The molecule has 102 valence electrons. The van der Waals surface area contributed by atoms with Gasteiger partial charge in [0, 0.05) is 25.9 Å². The zero-order valence-electron chi connectivity index (χ0n) is 9.98. The smallest absolute Gasteiger partial charge is 0.385 e. The fraction of sp³-hybridized carbons (Fsp3) is 0.500. The lowest BCUT2D eigenvalue weighted by Gasteiger charge is -2.12. The molecule has 18 heavy (non-hydrogen) atoms. The number of benzene rings is 1. The highest BCUT2D eigenvalue weighted by Crippen LogP contribution is 2.36. The molecular formula is C12H15ClF3NO. The Morgan fingerprint density at radius 1 is 1.28 bits per heavy atom. The Bertz CT molecular complexity index is 382. The average Bonchev–Trinajstić information content (AvgIpc) is 2.29. The number of halogens is 4. The molecule has 6 heteroatoms. The number of anilines is 1. The van der Waals surface area contributed by atoms with Crippen LogP contribution in [0.25, 0.3) is 0 Å². The topological polar surface area (TPSA) is 21.3 Å². The number of ether oxygens (including phenoxy) is 1. The molecule has 0 aliphatic rings. The Morgan fingerprint density at radius 2 is 2.00 bits per heavy atom. The number of rotatable bonds is 6. The van der Waals surface area contributed by atoms with Gasteiger partial charge in [0.15, 0.2) is 0 Å². The second-order valence-corrected chi connectivity index (χ2v) is 4.23. The third kappa shape index (κ3) is 4.74. The maximum absolute atomic E-state index is 12.6. The largest absolute Gasteiger partial charge is 0.417 e. The van der Waals surface area contributed by atoms with Crippen molar-refractivity contribution in [1.82, 2.24) is 0 Å². The van der Waals surface area contributed by atoms with Gasteiger partial charge in [-0.3, -0.25) is 0 Å². The summed E-state index contributed by atoms with van der Waals surface area (Å²) in [6.07, 6.45) is -2.73. The molecule has 0 fully saturated rings. The molecule has 0 bridgehead atoms. The SMILES string of the molecule is COCCCCNc1ccc(Cl)c(C(F)(F)F)c1. The molecule has 1 aromatic carbocycles. The average molecular weight is 282 g/mol. The van der Waals surface area contributed by atoms with E-state index in [0.29, 0.717) is 18.8 Å². The quantitative estimate of drug-likeness (QED) is 0.789. The summed E-state index contributed by atoms with van der Waals surface area (Å²) < 4.78 is 42.6. The molecule has 1 rings (SSSR count). The molecule has 0 unspecified atom stereocenters. The van der Waals surface area contributed by atoms with Crippen molar-refractivity contribution in [2.75, 3.05) is 25.6 Å². The molecule has 0 heterocycles. The van der Waals surface area contributed by atoms with Gasteiger partial charge in [0.1, 0.15) is 0 Å². The van der Waals surface area contributed by atoms with E-state index in [-0.39, 0.29) is 5.02 Å². The molecule has 0 aliphatic heterocycles. The Morgan fingerprint density at radius 3 is 2.61 bits per heavy atom.